The van der Waals surface area contributed by atoms with Gasteiger partial charge >= 0.3 is 6.03 Å². The van der Waals surface area contributed by atoms with Gasteiger partial charge in [-0.25, -0.2) is 9.18 Å². The largest absolute Gasteiger partial charge is 0.333 e. The molecule has 1 aliphatic rings. The Morgan fingerprint density at radius 2 is 2.09 bits per heavy atom. The summed E-state index contributed by atoms with van der Waals surface area (Å²) in [6, 6.07) is 11.2. The van der Waals surface area contributed by atoms with E-state index in [4.69, 9.17) is 0 Å². The fourth-order valence-electron chi connectivity index (χ4n) is 3.04. The van der Waals surface area contributed by atoms with Crippen molar-refractivity contribution in [3.05, 3.63) is 60.2 Å². The van der Waals surface area contributed by atoms with E-state index in [9.17, 15) is 9.18 Å². The zero-order chi connectivity index (χ0) is 16.2. The number of likely N-dealkylation sites (N-methyl/N-ethyl adjacent to an activating group) is 1. The molecule has 1 aromatic heterocycles. The van der Waals surface area contributed by atoms with E-state index < -0.39 is 11.8 Å². The number of rotatable bonds is 3. The van der Waals surface area contributed by atoms with Crippen molar-refractivity contribution in [2.45, 2.75) is 18.5 Å². The van der Waals surface area contributed by atoms with Crippen molar-refractivity contribution in [3.8, 4) is 0 Å². The number of carbonyl (C=O) groups excluding carboxylic acids is 1. The number of likely N-dealkylation sites (tertiary alicyclic amines) is 1. The number of pyridine rings is 1. The van der Waals surface area contributed by atoms with Crippen LogP contribution in [0, 0.1) is 5.82 Å². The normalized spacial score (nSPS) is 21.1. The first-order chi connectivity index (χ1) is 11.1. The minimum absolute atomic E-state index is 0.0210. The molecule has 23 heavy (non-hydrogen) atoms. The molecule has 3 rings (SSSR count). The van der Waals surface area contributed by atoms with Crippen LogP contribution >= 0.6 is 0 Å². The van der Waals surface area contributed by atoms with Crippen LogP contribution in [-0.2, 0) is 0 Å². The summed E-state index contributed by atoms with van der Waals surface area (Å²) in [6.07, 6.45) is 3.36. The third kappa shape index (κ3) is 3.48. The Bertz CT molecular complexity index is 679. The van der Waals surface area contributed by atoms with Crippen molar-refractivity contribution >= 4 is 11.7 Å². The van der Waals surface area contributed by atoms with Crippen molar-refractivity contribution in [2.75, 3.05) is 18.9 Å². The summed E-state index contributed by atoms with van der Waals surface area (Å²) in [5.41, 5.74) is 1.29. The van der Waals surface area contributed by atoms with Crippen LogP contribution in [0.4, 0.5) is 14.9 Å². The molecule has 1 aromatic carbocycles. The lowest BCUT2D eigenvalue weighted by molar-refractivity contribution is 0.240. The Morgan fingerprint density at radius 1 is 1.30 bits per heavy atom. The number of anilines is 1. The highest BCUT2D eigenvalue weighted by Gasteiger charge is 2.33. The molecule has 2 N–H and O–H groups in total. The van der Waals surface area contributed by atoms with Crippen molar-refractivity contribution in [1.29, 1.82) is 0 Å². The Hall–Kier alpha value is -2.47. The Morgan fingerprint density at radius 3 is 2.83 bits per heavy atom. The van der Waals surface area contributed by atoms with E-state index in [0.29, 0.717) is 0 Å². The van der Waals surface area contributed by atoms with E-state index in [1.807, 2.05) is 25.2 Å². The summed E-state index contributed by atoms with van der Waals surface area (Å²) in [5, 5.41) is 5.50. The Kier molecular flexibility index (Phi) is 4.52. The molecule has 1 fully saturated rings. The molecule has 0 aliphatic carbocycles. The van der Waals surface area contributed by atoms with E-state index in [0.717, 1.165) is 24.7 Å². The van der Waals surface area contributed by atoms with Gasteiger partial charge in [0, 0.05) is 12.7 Å². The second-order valence-electron chi connectivity index (χ2n) is 5.69. The highest BCUT2D eigenvalue weighted by atomic mass is 19.1. The predicted molar refractivity (Wildman–Crippen MR) is 86.6 cm³/mol. The Labute approximate surface area is 134 Å². The molecular weight excluding hydrogens is 295 g/mol. The molecule has 2 heterocycles. The third-order valence-corrected chi connectivity index (χ3v) is 4.13. The van der Waals surface area contributed by atoms with Crippen LogP contribution in [0.15, 0.2) is 48.8 Å². The lowest BCUT2D eigenvalue weighted by Crippen LogP contribution is -2.41. The van der Waals surface area contributed by atoms with Crippen molar-refractivity contribution in [2.24, 2.45) is 0 Å². The molecule has 0 spiro atoms. The fourth-order valence-corrected chi connectivity index (χ4v) is 3.04. The van der Waals surface area contributed by atoms with Crippen LogP contribution in [0.1, 0.15) is 18.0 Å². The summed E-state index contributed by atoms with van der Waals surface area (Å²) in [7, 11) is 2.04. The summed E-state index contributed by atoms with van der Waals surface area (Å²) in [4.78, 5) is 18.1. The number of hydrogen-bond donors (Lipinski definition) is 2. The molecule has 0 unspecified atom stereocenters. The zero-order valence-corrected chi connectivity index (χ0v) is 12.9. The molecule has 1 aliphatic heterocycles. The van der Waals surface area contributed by atoms with E-state index in [-0.39, 0.29) is 17.8 Å². The first-order valence-corrected chi connectivity index (χ1v) is 7.57. The van der Waals surface area contributed by atoms with Crippen LogP contribution in [0.3, 0.4) is 0 Å². The van der Waals surface area contributed by atoms with Gasteiger partial charge in [-0.2, -0.15) is 0 Å². The molecule has 2 atom stereocenters. The van der Waals surface area contributed by atoms with Crippen LogP contribution in [-0.4, -0.2) is 35.5 Å². The van der Waals surface area contributed by atoms with Crippen molar-refractivity contribution < 1.29 is 9.18 Å². The number of halogens is 1. The lowest BCUT2D eigenvalue weighted by Gasteiger charge is -2.26. The number of nitrogens with one attached hydrogen (secondary N) is 2. The van der Waals surface area contributed by atoms with Gasteiger partial charge in [0.1, 0.15) is 0 Å². The van der Waals surface area contributed by atoms with Gasteiger partial charge in [-0.15, -0.1) is 0 Å². The highest BCUT2D eigenvalue weighted by Crippen LogP contribution is 2.30. The number of aromatic nitrogens is 1. The quantitative estimate of drug-likeness (QED) is 0.916. The van der Waals surface area contributed by atoms with E-state index in [2.05, 4.69) is 32.7 Å². The number of urea groups is 1. The minimum atomic E-state index is -0.550. The third-order valence-electron chi connectivity index (χ3n) is 4.13. The summed E-state index contributed by atoms with van der Waals surface area (Å²) in [5.74, 6) is -0.550. The SMILES string of the molecule is CN1CC[C@H](NC(=O)Nc2ccncc2F)[C@@H]1c1ccccc1. The molecule has 2 amide bonds. The van der Waals surface area contributed by atoms with Gasteiger partial charge in [-0.1, -0.05) is 30.3 Å². The monoisotopic (exact) mass is 314 g/mol. The summed E-state index contributed by atoms with van der Waals surface area (Å²) < 4.78 is 13.6. The number of carbonyl (C=O) groups is 1. The maximum atomic E-state index is 13.6. The molecule has 0 saturated carbocycles. The topological polar surface area (TPSA) is 57.3 Å². The van der Waals surface area contributed by atoms with Gasteiger partial charge in [0.25, 0.3) is 0 Å². The Balaban J connectivity index is 1.69. The fraction of sp³-hybridized carbons (Fsp3) is 0.294. The average Bonchev–Trinajstić information content (AvgIpc) is 2.91. The molecular formula is C17H19FN4O. The number of amides is 2. The summed E-state index contributed by atoms with van der Waals surface area (Å²) >= 11 is 0. The summed E-state index contributed by atoms with van der Waals surface area (Å²) in [6.45, 7) is 0.897. The standard InChI is InChI=1S/C17H19FN4O/c1-22-10-8-15(16(22)12-5-3-2-4-6-12)21-17(23)20-14-7-9-19-11-13(14)18/h2-7,9,11,15-16H,8,10H2,1H3,(H2,19,20,21,23)/t15-,16-/m0/s1. The molecule has 0 bridgehead atoms. The van der Waals surface area contributed by atoms with Gasteiger partial charge < -0.3 is 10.6 Å². The van der Waals surface area contributed by atoms with Gasteiger partial charge in [0.05, 0.1) is 24.0 Å². The molecule has 0 radical (unpaired) electrons. The molecule has 120 valence electrons. The van der Waals surface area contributed by atoms with Crippen LogP contribution in [0.5, 0.6) is 0 Å². The van der Waals surface area contributed by atoms with E-state index in [1.54, 1.807) is 0 Å². The first-order valence-electron chi connectivity index (χ1n) is 7.57. The van der Waals surface area contributed by atoms with Crippen LogP contribution < -0.4 is 10.6 Å². The molecule has 2 aromatic rings. The van der Waals surface area contributed by atoms with E-state index >= 15 is 0 Å². The van der Waals surface area contributed by atoms with E-state index in [1.165, 1.54) is 12.3 Å². The number of benzene rings is 1. The predicted octanol–water partition coefficient (Wildman–Crippen LogP) is 2.79. The minimum Gasteiger partial charge on any atom is -0.333 e. The second-order valence-corrected chi connectivity index (χ2v) is 5.69. The number of hydrogen-bond acceptors (Lipinski definition) is 3. The van der Waals surface area contributed by atoms with Gasteiger partial charge in [0.2, 0.25) is 0 Å². The van der Waals surface area contributed by atoms with Crippen molar-refractivity contribution in [3.63, 3.8) is 0 Å². The highest BCUT2D eigenvalue weighted by molar-refractivity contribution is 5.89. The van der Waals surface area contributed by atoms with Crippen LogP contribution in [0.25, 0.3) is 0 Å². The maximum absolute atomic E-state index is 13.6. The molecule has 1 saturated heterocycles. The van der Waals surface area contributed by atoms with Gasteiger partial charge in [0.15, 0.2) is 5.82 Å². The second kappa shape index (κ2) is 6.75. The van der Waals surface area contributed by atoms with Gasteiger partial charge in [-0.3, -0.25) is 9.88 Å². The smallest absolute Gasteiger partial charge is 0.319 e. The zero-order valence-electron chi connectivity index (χ0n) is 12.9. The van der Waals surface area contributed by atoms with Crippen LogP contribution in [0.2, 0.25) is 0 Å². The first kappa shape index (κ1) is 15.4. The van der Waals surface area contributed by atoms with Crippen molar-refractivity contribution in [1.82, 2.24) is 15.2 Å². The molecule has 5 nitrogen and oxygen atoms in total. The van der Waals surface area contributed by atoms with Gasteiger partial charge in [-0.05, 0) is 25.1 Å². The lowest BCUT2D eigenvalue weighted by atomic mass is 10.0. The average molecular weight is 314 g/mol. The molecule has 6 heteroatoms. The maximum Gasteiger partial charge on any atom is 0.319 e. The number of nitrogens with zero attached hydrogens (tertiary/aromatic N) is 2.